The molecule has 4 nitrogen and oxygen atoms in total. The molecule has 20 heavy (non-hydrogen) atoms. The van der Waals surface area contributed by atoms with Crippen LogP contribution in [0.2, 0.25) is 5.15 Å². The largest absolute Gasteiger partial charge is 0.302 e. The van der Waals surface area contributed by atoms with Gasteiger partial charge in [0.25, 0.3) is 5.91 Å². The van der Waals surface area contributed by atoms with Gasteiger partial charge in [-0.1, -0.05) is 11.6 Å². The van der Waals surface area contributed by atoms with E-state index in [1.807, 2.05) is 0 Å². The Bertz CT molecular complexity index is 669. The highest BCUT2D eigenvalue weighted by molar-refractivity contribution is 6.33. The van der Waals surface area contributed by atoms with Crippen molar-refractivity contribution in [3.8, 4) is 0 Å². The first kappa shape index (κ1) is 13.1. The van der Waals surface area contributed by atoms with Gasteiger partial charge in [-0.05, 0) is 25.0 Å². The number of nitrogens with zero attached hydrogens (tertiary/aromatic N) is 2. The van der Waals surface area contributed by atoms with Gasteiger partial charge in [0.1, 0.15) is 16.8 Å². The molecular weight excluding hydrogens is 288 g/mol. The Morgan fingerprint density at radius 1 is 1.40 bits per heavy atom. The van der Waals surface area contributed by atoms with E-state index in [2.05, 4.69) is 10.2 Å². The molecule has 0 unspecified atom stereocenters. The van der Waals surface area contributed by atoms with Crippen molar-refractivity contribution in [2.24, 2.45) is 0 Å². The number of rotatable bonds is 3. The minimum Gasteiger partial charge on any atom is -0.302 e. The first-order chi connectivity index (χ1) is 9.58. The van der Waals surface area contributed by atoms with E-state index in [4.69, 9.17) is 11.6 Å². The Kier molecular flexibility index (Phi) is 3.17. The zero-order valence-electron chi connectivity index (χ0n) is 10.2. The predicted molar refractivity (Wildman–Crippen MR) is 69.8 cm³/mol. The summed E-state index contributed by atoms with van der Waals surface area (Å²) in [5.74, 6) is -1.91. The van der Waals surface area contributed by atoms with Gasteiger partial charge in [0.2, 0.25) is 0 Å². The molecule has 0 bridgehead atoms. The molecular formula is C13H10ClF2N3O. The number of anilines is 1. The van der Waals surface area contributed by atoms with Crippen molar-refractivity contribution in [3.05, 3.63) is 46.7 Å². The maximum atomic E-state index is 13.9. The number of H-pyrrole nitrogens is 1. The lowest BCUT2D eigenvalue weighted by atomic mass is 10.2. The van der Waals surface area contributed by atoms with Gasteiger partial charge in [0.05, 0.1) is 17.4 Å². The second-order valence-corrected chi connectivity index (χ2v) is 4.98. The third-order valence-electron chi connectivity index (χ3n) is 3.12. The number of benzene rings is 1. The fraction of sp³-hybridized carbons (Fsp3) is 0.231. The van der Waals surface area contributed by atoms with Crippen LogP contribution in [-0.4, -0.2) is 22.1 Å². The summed E-state index contributed by atoms with van der Waals surface area (Å²) in [6, 6.07) is 3.05. The van der Waals surface area contributed by atoms with Gasteiger partial charge >= 0.3 is 0 Å². The van der Waals surface area contributed by atoms with Crippen LogP contribution >= 0.6 is 11.6 Å². The van der Waals surface area contributed by atoms with Crippen LogP contribution in [0.25, 0.3) is 0 Å². The molecule has 1 aromatic heterocycles. The quantitative estimate of drug-likeness (QED) is 0.946. The Morgan fingerprint density at radius 2 is 2.15 bits per heavy atom. The van der Waals surface area contributed by atoms with Gasteiger partial charge in [-0.25, -0.2) is 8.78 Å². The van der Waals surface area contributed by atoms with E-state index in [9.17, 15) is 13.6 Å². The van der Waals surface area contributed by atoms with Crippen molar-refractivity contribution in [2.45, 2.75) is 18.9 Å². The maximum Gasteiger partial charge on any atom is 0.263 e. The minimum atomic E-state index is -0.773. The Hall–Kier alpha value is -1.95. The molecule has 3 rings (SSSR count). The third-order valence-corrected chi connectivity index (χ3v) is 3.41. The van der Waals surface area contributed by atoms with Gasteiger partial charge in [-0.3, -0.25) is 9.89 Å². The van der Waals surface area contributed by atoms with Crippen LogP contribution in [0.3, 0.4) is 0 Å². The van der Waals surface area contributed by atoms with Crippen molar-refractivity contribution in [2.75, 3.05) is 4.90 Å². The first-order valence-corrected chi connectivity index (χ1v) is 6.43. The van der Waals surface area contributed by atoms with Crippen LogP contribution in [0.1, 0.15) is 23.2 Å². The highest BCUT2D eigenvalue weighted by Gasteiger charge is 2.36. The third kappa shape index (κ3) is 2.27. The standard InChI is InChI=1S/C13H10ClF2N3O/c14-12-9(6-17-18-12)13(20)19(8-2-3-8)11-4-1-7(15)5-10(11)16/h1,4-6,8H,2-3H2,(H,17,18). The lowest BCUT2D eigenvalue weighted by Crippen LogP contribution is -2.33. The molecule has 0 radical (unpaired) electrons. The smallest absolute Gasteiger partial charge is 0.263 e. The van der Waals surface area contributed by atoms with Gasteiger partial charge in [-0.15, -0.1) is 0 Å². The fourth-order valence-electron chi connectivity index (χ4n) is 2.03. The molecule has 1 aromatic carbocycles. The number of carbonyl (C=O) groups is 1. The maximum absolute atomic E-state index is 13.9. The van der Waals surface area contributed by atoms with E-state index in [-0.39, 0.29) is 22.4 Å². The second-order valence-electron chi connectivity index (χ2n) is 4.60. The number of hydrogen-bond donors (Lipinski definition) is 1. The summed E-state index contributed by atoms with van der Waals surface area (Å²) in [4.78, 5) is 13.8. The van der Waals surface area contributed by atoms with Crippen LogP contribution in [0.4, 0.5) is 14.5 Å². The van der Waals surface area contributed by atoms with E-state index in [0.717, 1.165) is 25.0 Å². The zero-order chi connectivity index (χ0) is 14.3. The summed E-state index contributed by atoms with van der Waals surface area (Å²) in [6.07, 6.45) is 2.84. The molecule has 1 heterocycles. The summed E-state index contributed by atoms with van der Waals surface area (Å²) in [5, 5.41) is 6.23. The van der Waals surface area contributed by atoms with Crippen LogP contribution in [0, 0.1) is 11.6 Å². The number of aromatic amines is 1. The predicted octanol–water partition coefficient (Wildman–Crippen LogP) is 3.15. The van der Waals surface area contributed by atoms with E-state index < -0.39 is 17.5 Å². The minimum absolute atomic E-state index is 0.0520. The molecule has 0 atom stereocenters. The summed E-state index contributed by atoms with van der Waals surface area (Å²) < 4.78 is 26.9. The summed E-state index contributed by atoms with van der Waals surface area (Å²) >= 11 is 5.84. The van der Waals surface area contributed by atoms with E-state index in [1.165, 1.54) is 17.2 Å². The molecule has 0 spiro atoms. The lowest BCUT2D eigenvalue weighted by Gasteiger charge is -2.22. The van der Waals surface area contributed by atoms with E-state index >= 15 is 0 Å². The average molecular weight is 298 g/mol. The van der Waals surface area contributed by atoms with Gasteiger partial charge < -0.3 is 4.90 Å². The topological polar surface area (TPSA) is 49.0 Å². The molecule has 1 amide bonds. The van der Waals surface area contributed by atoms with Crippen molar-refractivity contribution < 1.29 is 13.6 Å². The number of aromatic nitrogens is 2. The molecule has 2 aromatic rings. The van der Waals surface area contributed by atoms with Gasteiger partial charge in [0, 0.05) is 12.1 Å². The Morgan fingerprint density at radius 3 is 2.70 bits per heavy atom. The monoisotopic (exact) mass is 297 g/mol. The number of amides is 1. The molecule has 1 saturated carbocycles. The number of carbonyl (C=O) groups excluding carboxylic acids is 1. The van der Waals surface area contributed by atoms with Gasteiger partial charge in [0.15, 0.2) is 0 Å². The van der Waals surface area contributed by atoms with Gasteiger partial charge in [-0.2, -0.15) is 5.10 Å². The number of nitrogens with one attached hydrogen (secondary N) is 1. The lowest BCUT2D eigenvalue weighted by molar-refractivity contribution is 0.0984. The molecule has 1 N–H and O–H groups in total. The summed E-state index contributed by atoms with van der Waals surface area (Å²) in [6.45, 7) is 0. The van der Waals surface area contributed by atoms with Crippen molar-refractivity contribution in [3.63, 3.8) is 0 Å². The van der Waals surface area contributed by atoms with E-state index in [0.29, 0.717) is 0 Å². The molecule has 104 valence electrons. The molecule has 1 aliphatic carbocycles. The summed E-state index contributed by atoms with van der Waals surface area (Å²) in [5.41, 5.74) is 0.221. The molecule has 1 fully saturated rings. The molecule has 7 heteroatoms. The Balaban J connectivity index is 2.01. The van der Waals surface area contributed by atoms with Crippen LogP contribution < -0.4 is 4.90 Å². The molecule has 0 aliphatic heterocycles. The summed E-state index contributed by atoms with van der Waals surface area (Å²) in [7, 11) is 0. The van der Waals surface area contributed by atoms with E-state index in [1.54, 1.807) is 0 Å². The average Bonchev–Trinajstić information content (AvgIpc) is 3.14. The zero-order valence-corrected chi connectivity index (χ0v) is 11.0. The normalized spacial score (nSPS) is 14.3. The highest BCUT2D eigenvalue weighted by Crippen LogP contribution is 2.35. The first-order valence-electron chi connectivity index (χ1n) is 6.05. The number of hydrogen-bond acceptors (Lipinski definition) is 2. The van der Waals surface area contributed by atoms with Crippen LogP contribution in [0.15, 0.2) is 24.4 Å². The molecule has 0 saturated heterocycles. The number of halogens is 3. The SMILES string of the molecule is O=C(c1cn[nH]c1Cl)N(c1ccc(F)cc1F)C1CC1. The van der Waals surface area contributed by atoms with Crippen molar-refractivity contribution in [1.82, 2.24) is 10.2 Å². The van der Waals surface area contributed by atoms with Crippen LogP contribution in [0.5, 0.6) is 0 Å². The molecule has 1 aliphatic rings. The second kappa shape index (κ2) is 4.86. The van der Waals surface area contributed by atoms with Crippen molar-refractivity contribution in [1.29, 1.82) is 0 Å². The van der Waals surface area contributed by atoms with Crippen LogP contribution in [-0.2, 0) is 0 Å². The van der Waals surface area contributed by atoms with Crippen molar-refractivity contribution >= 4 is 23.2 Å². The fourth-order valence-corrected chi connectivity index (χ4v) is 2.21. The Labute approximate surface area is 118 Å². The highest BCUT2D eigenvalue weighted by atomic mass is 35.5.